The van der Waals surface area contributed by atoms with Crippen LogP contribution in [0.5, 0.6) is 0 Å². The number of nitrogens with one attached hydrogen (secondary N) is 1. The summed E-state index contributed by atoms with van der Waals surface area (Å²) < 4.78 is 29.6. The van der Waals surface area contributed by atoms with Crippen LogP contribution in [0.1, 0.15) is 11.1 Å². The Labute approximate surface area is 253 Å². The number of para-hydroxylation sites is 1. The van der Waals surface area contributed by atoms with Gasteiger partial charge in [0.25, 0.3) is 10.0 Å². The highest BCUT2D eigenvalue weighted by molar-refractivity contribution is 9.10. The summed E-state index contributed by atoms with van der Waals surface area (Å²) in [7, 11) is -2.69. The van der Waals surface area contributed by atoms with E-state index >= 15 is 0 Å². The first kappa shape index (κ1) is 30.3. The van der Waals surface area contributed by atoms with Gasteiger partial charge in [-0.05, 0) is 47.5 Å². The van der Waals surface area contributed by atoms with E-state index in [0.717, 1.165) is 19.9 Å². The van der Waals surface area contributed by atoms with E-state index in [-0.39, 0.29) is 34.5 Å². The molecule has 0 radical (unpaired) electrons. The lowest BCUT2D eigenvalue weighted by Crippen LogP contribution is -2.53. The minimum absolute atomic E-state index is 0.0124. The lowest BCUT2D eigenvalue weighted by molar-refractivity contribution is -0.139. The van der Waals surface area contributed by atoms with Gasteiger partial charge in [-0.15, -0.1) is 0 Å². The zero-order valence-electron chi connectivity index (χ0n) is 22.3. The van der Waals surface area contributed by atoms with Gasteiger partial charge in [-0.25, -0.2) is 8.42 Å². The number of carbonyl (C=O) groups excluding carboxylic acids is 2. The molecule has 0 aliphatic heterocycles. The molecular formula is C31H29BrClN3O4S. The Bertz CT molecular complexity index is 1600. The van der Waals surface area contributed by atoms with Crippen molar-refractivity contribution >= 4 is 55.1 Å². The lowest BCUT2D eigenvalue weighted by atomic mass is 10.0. The van der Waals surface area contributed by atoms with Crippen molar-refractivity contribution in [2.45, 2.75) is 23.9 Å². The number of carbonyl (C=O) groups is 2. The Morgan fingerprint density at radius 1 is 0.854 bits per heavy atom. The quantitative estimate of drug-likeness (QED) is 0.225. The van der Waals surface area contributed by atoms with E-state index in [1.807, 2.05) is 54.6 Å². The third-order valence-corrected chi connectivity index (χ3v) is 9.08. The van der Waals surface area contributed by atoms with Crippen LogP contribution in [0.2, 0.25) is 5.02 Å². The Balaban J connectivity index is 1.79. The second-order valence-electron chi connectivity index (χ2n) is 9.25. The molecule has 1 atom stereocenters. The smallest absolute Gasteiger partial charge is 0.264 e. The zero-order valence-corrected chi connectivity index (χ0v) is 25.4. The summed E-state index contributed by atoms with van der Waals surface area (Å²) in [5, 5.41) is 2.84. The number of amides is 2. The fourth-order valence-electron chi connectivity index (χ4n) is 4.44. The fourth-order valence-corrected chi connectivity index (χ4v) is 6.63. The highest BCUT2D eigenvalue weighted by atomic mass is 79.9. The van der Waals surface area contributed by atoms with Gasteiger partial charge in [0.05, 0.1) is 15.6 Å². The van der Waals surface area contributed by atoms with E-state index in [2.05, 4.69) is 21.2 Å². The molecule has 0 aliphatic carbocycles. The molecule has 4 aromatic carbocycles. The highest BCUT2D eigenvalue weighted by Crippen LogP contribution is 2.31. The van der Waals surface area contributed by atoms with Crippen molar-refractivity contribution in [3.63, 3.8) is 0 Å². The third kappa shape index (κ3) is 7.55. The van der Waals surface area contributed by atoms with Crippen LogP contribution in [0.3, 0.4) is 0 Å². The number of rotatable bonds is 11. The van der Waals surface area contributed by atoms with E-state index in [4.69, 9.17) is 11.6 Å². The Hall–Kier alpha value is -3.66. The number of anilines is 1. The van der Waals surface area contributed by atoms with Crippen molar-refractivity contribution in [1.29, 1.82) is 0 Å². The van der Waals surface area contributed by atoms with Crippen LogP contribution in [0.15, 0.2) is 119 Å². The number of halogens is 2. The van der Waals surface area contributed by atoms with E-state index in [9.17, 15) is 18.0 Å². The molecule has 0 fully saturated rings. The van der Waals surface area contributed by atoms with Crippen molar-refractivity contribution < 1.29 is 18.0 Å². The van der Waals surface area contributed by atoms with E-state index in [1.165, 1.54) is 24.1 Å². The third-order valence-electron chi connectivity index (χ3n) is 6.49. The topological polar surface area (TPSA) is 86.8 Å². The standard InChI is InChI=1S/C31H29BrClN3O4S/c1-34-31(38)29(20-23-11-4-2-5-12-23)35(21-24-13-10-14-25(32)19-24)30(37)22-36(28-18-9-8-17-27(28)33)41(39,40)26-15-6-3-7-16-26/h2-19,29H,20-22H2,1H3,(H,34,38)/t29-/m0/s1. The molecule has 0 spiro atoms. The van der Waals surface area contributed by atoms with Crippen LogP contribution >= 0.6 is 27.5 Å². The minimum Gasteiger partial charge on any atom is -0.357 e. The Morgan fingerprint density at radius 3 is 2.10 bits per heavy atom. The average Bonchev–Trinajstić information content (AvgIpc) is 2.98. The molecule has 0 aliphatic rings. The van der Waals surface area contributed by atoms with Gasteiger partial charge in [-0.1, -0.05) is 100 Å². The van der Waals surface area contributed by atoms with Crippen LogP contribution in [-0.2, 0) is 32.6 Å². The minimum atomic E-state index is -4.20. The summed E-state index contributed by atoms with van der Waals surface area (Å²) in [5.41, 5.74) is 1.78. The van der Waals surface area contributed by atoms with Crippen molar-refractivity contribution in [3.05, 3.63) is 130 Å². The number of benzene rings is 4. The summed E-state index contributed by atoms with van der Waals surface area (Å²) in [4.78, 5) is 29.0. The molecule has 1 N–H and O–H groups in total. The van der Waals surface area contributed by atoms with Gasteiger partial charge in [-0.2, -0.15) is 0 Å². The summed E-state index contributed by atoms with van der Waals surface area (Å²) >= 11 is 9.93. The van der Waals surface area contributed by atoms with Crippen molar-refractivity contribution in [2.24, 2.45) is 0 Å². The first-order chi connectivity index (χ1) is 19.7. The molecule has 0 bridgehead atoms. The van der Waals surface area contributed by atoms with E-state index in [0.29, 0.717) is 0 Å². The van der Waals surface area contributed by atoms with Crippen molar-refractivity contribution in [2.75, 3.05) is 17.9 Å². The first-order valence-electron chi connectivity index (χ1n) is 12.8. The molecule has 4 aromatic rings. The van der Waals surface area contributed by atoms with E-state index in [1.54, 1.807) is 42.5 Å². The first-order valence-corrected chi connectivity index (χ1v) is 15.4. The summed E-state index contributed by atoms with van der Waals surface area (Å²) in [6, 6.07) is 30.2. The van der Waals surface area contributed by atoms with Gasteiger partial charge in [0, 0.05) is 24.5 Å². The maximum absolute atomic E-state index is 14.2. The van der Waals surface area contributed by atoms with Gasteiger partial charge in [0.15, 0.2) is 0 Å². The molecule has 212 valence electrons. The monoisotopic (exact) mass is 653 g/mol. The molecule has 4 rings (SSSR count). The van der Waals surface area contributed by atoms with Crippen LogP contribution in [0.25, 0.3) is 0 Å². The SMILES string of the molecule is CNC(=O)[C@H](Cc1ccccc1)N(Cc1cccc(Br)c1)C(=O)CN(c1ccccc1Cl)S(=O)(=O)c1ccccc1. The number of sulfonamides is 1. The summed E-state index contributed by atoms with van der Waals surface area (Å²) in [6.45, 7) is -0.498. The number of nitrogens with zero attached hydrogens (tertiary/aromatic N) is 2. The zero-order chi connectivity index (χ0) is 29.4. The van der Waals surface area contributed by atoms with Gasteiger partial charge >= 0.3 is 0 Å². The maximum atomic E-state index is 14.2. The summed E-state index contributed by atoms with van der Waals surface area (Å²) in [5.74, 6) is -0.929. The second kappa shape index (κ2) is 13.8. The van der Waals surface area contributed by atoms with Crippen LogP contribution in [-0.4, -0.2) is 44.8 Å². The maximum Gasteiger partial charge on any atom is 0.264 e. The number of likely N-dealkylation sites (N-methyl/N-ethyl adjacent to an activating group) is 1. The fraction of sp³-hybridized carbons (Fsp3) is 0.161. The molecule has 10 heteroatoms. The van der Waals surface area contributed by atoms with Gasteiger partial charge in [0.2, 0.25) is 11.8 Å². The Morgan fingerprint density at radius 2 is 1.46 bits per heavy atom. The molecule has 41 heavy (non-hydrogen) atoms. The molecule has 0 aromatic heterocycles. The lowest BCUT2D eigenvalue weighted by Gasteiger charge is -2.33. The normalized spacial score (nSPS) is 11.9. The van der Waals surface area contributed by atoms with E-state index < -0.39 is 28.5 Å². The van der Waals surface area contributed by atoms with Crippen LogP contribution in [0, 0.1) is 0 Å². The molecule has 0 saturated heterocycles. The molecular weight excluding hydrogens is 626 g/mol. The highest BCUT2D eigenvalue weighted by Gasteiger charge is 2.34. The molecule has 7 nitrogen and oxygen atoms in total. The van der Waals surface area contributed by atoms with Crippen molar-refractivity contribution in [3.8, 4) is 0 Å². The summed E-state index contributed by atoms with van der Waals surface area (Å²) in [6.07, 6.45) is 0.234. The largest absolute Gasteiger partial charge is 0.357 e. The average molecular weight is 655 g/mol. The Kier molecular flexibility index (Phi) is 10.2. The number of hydrogen-bond acceptors (Lipinski definition) is 4. The van der Waals surface area contributed by atoms with Crippen LogP contribution < -0.4 is 9.62 Å². The molecule has 0 heterocycles. The molecule has 0 saturated carbocycles. The number of hydrogen-bond donors (Lipinski definition) is 1. The predicted octanol–water partition coefficient (Wildman–Crippen LogP) is 5.68. The van der Waals surface area contributed by atoms with Gasteiger partial charge in [0.1, 0.15) is 12.6 Å². The molecule has 0 unspecified atom stereocenters. The van der Waals surface area contributed by atoms with Crippen molar-refractivity contribution in [1.82, 2.24) is 10.2 Å². The predicted molar refractivity (Wildman–Crippen MR) is 165 cm³/mol. The van der Waals surface area contributed by atoms with Gasteiger partial charge < -0.3 is 10.2 Å². The second-order valence-corrected chi connectivity index (χ2v) is 12.4. The van der Waals surface area contributed by atoms with Gasteiger partial charge in [-0.3, -0.25) is 13.9 Å². The van der Waals surface area contributed by atoms with Crippen LogP contribution in [0.4, 0.5) is 5.69 Å². The molecule has 2 amide bonds.